The van der Waals surface area contributed by atoms with Crippen molar-refractivity contribution in [3.63, 3.8) is 0 Å². The van der Waals surface area contributed by atoms with Crippen LogP contribution in [0.2, 0.25) is 0 Å². The standard InChI is InChI=1S/C90H59B2N5S2/c1-9-29-60(30-10-1)62-49-51-72-73-52-50-63(61-31-11-2-12-32-61)54-81(73)97(80(72)53-62)88-89-76(91-74-45-25-27-47-78(74)95(68-41-21-7-22-42-68)82-55-70(57-84(98-89)86(82)91)93(64-33-13-3-14-34-64)65-35-15-4-16-36-65)59-77-90(88)99-85-58-71(94(66-37-17-5-18-38-66)67-39-19-6-20-40-67)56-83-87(85)92(77)75-46-26-28-48-79(75)96(83)69-43-23-8-24-44-69/h1-59H. The van der Waals surface area contributed by atoms with Gasteiger partial charge in [-0.2, -0.15) is 0 Å². The molecule has 20 rings (SSSR count). The Balaban J connectivity index is 0.941. The predicted molar refractivity (Wildman–Crippen MR) is 421 cm³/mol. The lowest BCUT2D eigenvalue weighted by Gasteiger charge is -2.44. The predicted octanol–water partition coefficient (Wildman–Crippen LogP) is 20.6. The van der Waals surface area contributed by atoms with Crippen LogP contribution in [0, 0.1) is 0 Å². The fraction of sp³-hybridized carbons (Fsp3) is 0. The first kappa shape index (κ1) is 57.4. The minimum Gasteiger partial charge on any atom is -0.311 e. The third kappa shape index (κ3) is 9.29. The van der Waals surface area contributed by atoms with Crippen molar-refractivity contribution in [2.75, 3.05) is 19.6 Å². The first-order valence-electron chi connectivity index (χ1n) is 34.0. The average molecular weight is 1300 g/mol. The van der Waals surface area contributed by atoms with Crippen LogP contribution in [0.3, 0.4) is 0 Å². The smallest absolute Gasteiger partial charge is 0.249 e. The quantitative estimate of drug-likeness (QED) is 0.119. The van der Waals surface area contributed by atoms with Crippen LogP contribution in [0.5, 0.6) is 0 Å². The van der Waals surface area contributed by atoms with E-state index in [0.717, 1.165) is 56.5 Å². The molecule has 462 valence electrons. The van der Waals surface area contributed by atoms with Crippen molar-refractivity contribution in [2.24, 2.45) is 0 Å². The molecule has 0 spiro atoms. The topological polar surface area (TPSA) is 17.9 Å². The number of anilines is 12. The summed E-state index contributed by atoms with van der Waals surface area (Å²) in [5.41, 5.74) is 29.4. The van der Waals surface area contributed by atoms with Gasteiger partial charge in [-0.15, -0.1) is 0 Å². The molecule has 15 aromatic carbocycles. The first-order chi connectivity index (χ1) is 49.1. The second-order valence-electron chi connectivity index (χ2n) is 25.9. The first-order valence-corrected chi connectivity index (χ1v) is 35.6. The van der Waals surface area contributed by atoms with Gasteiger partial charge in [-0.1, -0.05) is 271 Å². The highest BCUT2D eigenvalue weighted by Crippen LogP contribution is 2.53. The zero-order valence-corrected chi connectivity index (χ0v) is 55.4. The molecule has 0 bridgehead atoms. The molecule has 4 aliphatic heterocycles. The van der Waals surface area contributed by atoms with Crippen LogP contribution in [0.25, 0.3) is 49.7 Å². The lowest BCUT2D eigenvalue weighted by molar-refractivity contribution is 1.08. The molecule has 0 amide bonds. The Morgan fingerprint density at radius 2 is 0.586 bits per heavy atom. The Morgan fingerprint density at radius 3 is 0.960 bits per heavy atom. The number of fused-ring (bicyclic) bond motifs is 11. The van der Waals surface area contributed by atoms with Crippen molar-refractivity contribution < 1.29 is 0 Å². The Labute approximate surface area is 585 Å². The summed E-state index contributed by atoms with van der Waals surface area (Å²) in [4.78, 5) is 14.9. The van der Waals surface area contributed by atoms with Crippen LogP contribution in [0.1, 0.15) is 0 Å². The molecule has 1 aromatic heterocycles. The van der Waals surface area contributed by atoms with Crippen LogP contribution in [0.4, 0.5) is 68.2 Å². The molecular formula is C90H59B2N5S2. The third-order valence-corrected chi connectivity index (χ3v) is 22.7. The van der Waals surface area contributed by atoms with Gasteiger partial charge < -0.3 is 24.2 Å². The third-order valence-electron chi connectivity index (χ3n) is 20.4. The average Bonchev–Trinajstić information content (AvgIpc) is 1.40. The van der Waals surface area contributed by atoms with Crippen molar-refractivity contribution in [3.8, 4) is 27.9 Å². The number of hydrogen-bond donors (Lipinski definition) is 0. The number of benzene rings is 15. The van der Waals surface area contributed by atoms with Gasteiger partial charge in [0.1, 0.15) is 0 Å². The Bertz CT molecular complexity index is 5390. The Hall–Kier alpha value is -11.9. The fourth-order valence-corrected chi connectivity index (χ4v) is 18.9. The van der Waals surface area contributed by atoms with E-state index in [1.165, 1.54) is 114 Å². The molecule has 0 atom stereocenters. The van der Waals surface area contributed by atoms with E-state index in [0.29, 0.717) is 0 Å². The van der Waals surface area contributed by atoms with E-state index in [9.17, 15) is 0 Å². The molecule has 4 aliphatic rings. The second kappa shape index (κ2) is 23.5. The van der Waals surface area contributed by atoms with Gasteiger partial charge >= 0.3 is 0 Å². The van der Waals surface area contributed by atoms with Gasteiger partial charge in [0.2, 0.25) is 13.4 Å². The Kier molecular flexibility index (Phi) is 13.6. The van der Waals surface area contributed by atoms with Crippen LogP contribution in [-0.2, 0) is 0 Å². The largest absolute Gasteiger partial charge is 0.311 e. The monoisotopic (exact) mass is 1300 g/mol. The summed E-state index contributed by atoms with van der Waals surface area (Å²) in [5.74, 6) is 0. The summed E-state index contributed by atoms with van der Waals surface area (Å²) in [6.45, 7) is -0.345. The van der Waals surface area contributed by atoms with E-state index in [-0.39, 0.29) is 13.4 Å². The molecule has 0 saturated carbocycles. The molecule has 0 saturated heterocycles. The van der Waals surface area contributed by atoms with Gasteiger partial charge in [0.05, 0.1) is 16.7 Å². The summed E-state index contributed by atoms with van der Waals surface area (Å²) in [5, 5.41) is 2.41. The molecule has 9 heteroatoms. The van der Waals surface area contributed by atoms with E-state index >= 15 is 0 Å². The fourth-order valence-electron chi connectivity index (χ4n) is 16.2. The lowest BCUT2D eigenvalue weighted by atomic mass is 9.31. The molecule has 0 unspecified atom stereocenters. The number of aromatic nitrogens is 1. The normalized spacial score (nSPS) is 12.9. The minimum atomic E-state index is -0.173. The maximum absolute atomic E-state index is 2.71. The van der Waals surface area contributed by atoms with E-state index in [1.54, 1.807) is 0 Å². The summed E-state index contributed by atoms with van der Waals surface area (Å²) >= 11 is 3.90. The van der Waals surface area contributed by atoms with Crippen molar-refractivity contribution in [2.45, 2.75) is 19.6 Å². The van der Waals surface area contributed by atoms with E-state index in [2.05, 4.69) is 382 Å². The van der Waals surface area contributed by atoms with E-state index < -0.39 is 0 Å². The maximum atomic E-state index is 2.71. The Morgan fingerprint density at radius 1 is 0.253 bits per heavy atom. The summed E-state index contributed by atoms with van der Waals surface area (Å²) in [6, 6.07) is 133. The summed E-state index contributed by atoms with van der Waals surface area (Å²) in [7, 11) is 0. The zero-order valence-electron chi connectivity index (χ0n) is 53.8. The molecule has 5 nitrogen and oxygen atoms in total. The molecular weight excluding hydrogens is 1240 g/mol. The van der Waals surface area contributed by atoms with Crippen molar-refractivity contribution >= 4 is 160 Å². The molecule has 16 aromatic rings. The molecule has 0 radical (unpaired) electrons. The SMILES string of the molecule is c1ccc(-c2ccc3c4ccc(-c5ccccc5)cc4n(-c4c5c(cc6c4Sc4cc(N(c7ccccc7)c7ccccc7)cc7c4B6c4ccccc4N7c4ccccc4)B4c6ccccc6N(c6ccccc6)c6cc(N(c7ccccc7)c7ccccc7)cc(c64)S5)c3c2)cc1. The van der Waals surface area contributed by atoms with Crippen LogP contribution < -0.4 is 52.4 Å². The maximum Gasteiger partial charge on any atom is 0.249 e. The molecule has 99 heavy (non-hydrogen) atoms. The van der Waals surface area contributed by atoms with Crippen molar-refractivity contribution in [1.29, 1.82) is 0 Å². The van der Waals surface area contributed by atoms with Crippen LogP contribution in [0.15, 0.2) is 377 Å². The van der Waals surface area contributed by atoms with Crippen molar-refractivity contribution in [1.82, 2.24) is 4.57 Å². The number of para-hydroxylation sites is 8. The number of hydrogen-bond acceptors (Lipinski definition) is 6. The lowest BCUT2D eigenvalue weighted by Crippen LogP contribution is -2.64. The highest BCUT2D eigenvalue weighted by Gasteiger charge is 2.48. The van der Waals surface area contributed by atoms with E-state index in [1.807, 2.05) is 23.5 Å². The van der Waals surface area contributed by atoms with Crippen molar-refractivity contribution in [3.05, 3.63) is 358 Å². The zero-order chi connectivity index (χ0) is 65.1. The highest BCUT2D eigenvalue weighted by molar-refractivity contribution is 8.01. The van der Waals surface area contributed by atoms with E-state index in [4.69, 9.17) is 0 Å². The highest BCUT2D eigenvalue weighted by atomic mass is 32.2. The van der Waals surface area contributed by atoms with Gasteiger partial charge in [0.15, 0.2) is 0 Å². The minimum absolute atomic E-state index is 0.173. The van der Waals surface area contributed by atoms with Crippen LogP contribution in [-0.4, -0.2) is 18.0 Å². The molecule has 0 fully saturated rings. The van der Waals surface area contributed by atoms with Gasteiger partial charge in [-0.3, -0.25) is 0 Å². The summed E-state index contributed by atoms with van der Waals surface area (Å²) < 4.78 is 2.71. The van der Waals surface area contributed by atoms with Gasteiger partial charge in [-0.25, -0.2) is 0 Å². The van der Waals surface area contributed by atoms with Gasteiger partial charge in [0, 0.05) is 98.6 Å². The van der Waals surface area contributed by atoms with Gasteiger partial charge in [0.25, 0.3) is 0 Å². The van der Waals surface area contributed by atoms with Gasteiger partial charge in [-0.05, 0) is 165 Å². The molecule has 5 heterocycles. The van der Waals surface area contributed by atoms with Crippen LogP contribution >= 0.6 is 23.5 Å². The molecule has 0 aliphatic carbocycles. The summed E-state index contributed by atoms with van der Waals surface area (Å²) in [6.07, 6.45) is 0. The number of rotatable bonds is 11. The number of nitrogens with zero attached hydrogens (tertiary/aromatic N) is 5. The molecule has 0 N–H and O–H groups in total. The second-order valence-corrected chi connectivity index (χ2v) is 28.0.